The molecule has 0 aliphatic heterocycles. The number of aryl methyl sites for hydroxylation is 1. The number of aromatic nitrogens is 2. The molecule has 0 bridgehead atoms. The minimum Gasteiger partial charge on any atom is -0.504 e. The zero-order valence-electron chi connectivity index (χ0n) is 14.6. The number of aromatic hydroxyl groups is 1. The van der Waals surface area contributed by atoms with Crippen LogP contribution in [0.5, 0.6) is 11.5 Å². The summed E-state index contributed by atoms with van der Waals surface area (Å²) in [7, 11) is 1.56. The molecular formula is C20H23N3O2. The van der Waals surface area contributed by atoms with Gasteiger partial charge >= 0.3 is 0 Å². The first-order chi connectivity index (χ1) is 12.2. The lowest BCUT2D eigenvalue weighted by molar-refractivity contribution is 0.373. The summed E-state index contributed by atoms with van der Waals surface area (Å²) < 4.78 is 7.31. The molecule has 0 aliphatic carbocycles. The molecule has 0 unspecified atom stereocenters. The molecule has 2 aromatic carbocycles. The van der Waals surface area contributed by atoms with Crippen LogP contribution in [0, 0.1) is 6.92 Å². The van der Waals surface area contributed by atoms with Gasteiger partial charge in [0.25, 0.3) is 0 Å². The Hall–Kier alpha value is -2.79. The van der Waals surface area contributed by atoms with Crippen molar-refractivity contribution >= 4 is 0 Å². The van der Waals surface area contributed by atoms with Crippen molar-refractivity contribution in [1.29, 1.82) is 0 Å². The van der Waals surface area contributed by atoms with E-state index in [1.165, 1.54) is 0 Å². The molecule has 3 rings (SSSR count). The molecule has 0 spiro atoms. The molecular weight excluding hydrogens is 314 g/mol. The largest absolute Gasteiger partial charge is 0.504 e. The zero-order chi connectivity index (χ0) is 17.6. The van der Waals surface area contributed by atoms with Gasteiger partial charge in [-0.25, -0.2) is 4.98 Å². The Morgan fingerprint density at radius 2 is 1.96 bits per heavy atom. The van der Waals surface area contributed by atoms with Gasteiger partial charge in [0.05, 0.1) is 19.0 Å². The highest BCUT2D eigenvalue weighted by molar-refractivity contribution is 5.41. The van der Waals surface area contributed by atoms with Crippen LogP contribution in [0.15, 0.2) is 54.7 Å². The highest BCUT2D eigenvalue weighted by atomic mass is 16.5. The van der Waals surface area contributed by atoms with Crippen LogP contribution >= 0.6 is 0 Å². The van der Waals surface area contributed by atoms with Crippen molar-refractivity contribution in [3.05, 3.63) is 71.8 Å². The Kier molecular flexibility index (Phi) is 5.36. The summed E-state index contributed by atoms with van der Waals surface area (Å²) in [6, 6.07) is 15.7. The Labute approximate surface area is 147 Å². The van der Waals surface area contributed by atoms with Crippen LogP contribution in [0.1, 0.15) is 17.1 Å². The fraction of sp³-hybridized carbons (Fsp3) is 0.250. The van der Waals surface area contributed by atoms with E-state index < -0.39 is 0 Å². The molecule has 0 fully saturated rings. The average Bonchev–Trinajstić information content (AvgIpc) is 3.01. The summed E-state index contributed by atoms with van der Waals surface area (Å²) in [5.74, 6) is 1.66. The molecule has 1 aromatic heterocycles. The number of phenolic OH excluding ortho intramolecular Hbond substituents is 1. The molecule has 5 nitrogen and oxygen atoms in total. The van der Waals surface area contributed by atoms with Crippen LogP contribution in [0.2, 0.25) is 0 Å². The van der Waals surface area contributed by atoms with E-state index in [1.807, 2.05) is 43.5 Å². The molecule has 2 N–H and O–H groups in total. The number of hydrogen-bond acceptors (Lipinski definition) is 4. The molecule has 0 radical (unpaired) electrons. The molecule has 5 heteroatoms. The van der Waals surface area contributed by atoms with Gasteiger partial charge in [-0.1, -0.05) is 24.3 Å². The maximum atomic E-state index is 9.65. The Morgan fingerprint density at radius 1 is 1.16 bits per heavy atom. The lowest BCUT2D eigenvalue weighted by Crippen LogP contribution is -2.19. The Morgan fingerprint density at radius 3 is 2.72 bits per heavy atom. The molecule has 0 saturated carbocycles. The second-order valence-corrected chi connectivity index (χ2v) is 5.90. The standard InChI is InChI=1S/C20H23N3O2/c1-15-22-14-18(23(15)17-6-4-3-5-7-17)13-21-11-10-16-8-9-19(24)20(12-16)25-2/h3-9,12,14,21,24H,10-11,13H2,1-2H3. The van der Waals surface area contributed by atoms with Crippen molar-refractivity contribution in [1.82, 2.24) is 14.9 Å². The number of nitrogens with zero attached hydrogens (tertiary/aromatic N) is 2. The van der Waals surface area contributed by atoms with Gasteiger partial charge in [0, 0.05) is 12.2 Å². The summed E-state index contributed by atoms with van der Waals surface area (Å²) in [5, 5.41) is 13.1. The third-order valence-electron chi connectivity index (χ3n) is 4.17. The molecule has 1 heterocycles. The molecule has 0 saturated heterocycles. The van der Waals surface area contributed by atoms with Gasteiger partial charge in [-0.15, -0.1) is 0 Å². The van der Waals surface area contributed by atoms with Crippen molar-refractivity contribution < 1.29 is 9.84 Å². The van der Waals surface area contributed by atoms with Crippen LogP contribution in [-0.4, -0.2) is 28.3 Å². The maximum Gasteiger partial charge on any atom is 0.160 e. The fourth-order valence-electron chi connectivity index (χ4n) is 2.87. The number of hydrogen-bond donors (Lipinski definition) is 2. The molecule has 0 amide bonds. The summed E-state index contributed by atoms with van der Waals surface area (Å²) >= 11 is 0. The highest BCUT2D eigenvalue weighted by Gasteiger charge is 2.08. The molecule has 0 aliphatic rings. The quantitative estimate of drug-likeness (QED) is 0.650. The van der Waals surface area contributed by atoms with Crippen LogP contribution in [0.25, 0.3) is 5.69 Å². The van der Waals surface area contributed by atoms with Gasteiger partial charge in [-0.05, 0) is 49.7 Å². The van der Waals surface area contributed by atoms with Crippen molar-refractivity contribution in [2.75, 3.05) is 13.7 Å². The number of ether oxygens (including phenoxy) is 1. The number of methoxy groups -OCH3 is 1. The third-order valence-corrected chi connectivity index (χ3v) is 4.17. The van der Waals surface area contributed by atoms with Gasteiger partial charge < -0.3 is 15.2 Å². The van der Waals surface area contributed by atoms with Crippen molar-refractivity contribution in [2.24, 2.45) is 0 Å². The van der Waals surface area contributed by atoms with E-state index in [-0.39, 0.29) is 5.75 Å². The summed E-state index contributed by atoms with van der Waals surface area (Å²) in [4.78, 5) is 4.44. The van der Waals surface area contributed by atoms with Crippen LogP contribution in [-0.2, 0) is 13.0 Å². The smallest absolute Gasteiger partial charge is 0.160 e. The topological polar surface area (TPSA) is 59.3 Å². The van der Waals surface area contributed by atoms with Crippen LogP contribution in [0.4, 0.5) is 0 Å². The lowest BCUT2D eigenvalue weighted by Gasteiger charge is -2.11. The second kappa shape index (κ2) is 7.85. The summed E-state index contributed by atoms with van der Waals surface area (Å²) in [6.07, 6.45) is 2.77. The van der Waals surface area contributed by atoms with E-state index >= 15 is 0 Å². The predicted octanol–water partition coefficient (Wildman–Crippen LogP) is 3.23. The van der Waals surface area contributed by atoms with Gasteiger partial charge in [-0.3, -0.25) is 4.57 Å². The SMILES string of the molecule is COc1cc(CCNCc2cnc(C)n2-c2ccccc2)ccc1O. The van der Waals surface area contributed by atoms with E-state index in [2.05, 4.69) is 27.0 Å². The lowest BCUT2D eigenvalue weighted by atomic mass is 10.1. The number of rotatable bonds is 7. The summed E-state index contributed by atoms with van der Waals surface area (Å²) in [6.45, 7) is 3.58. The minimum absolute atomic E-state index is 0.168. The Balaban J connectivity index is 1.60. The van der Waals surface area contributed by atoms with E-state index in [0.29, 0.717) is 5.75 Å². The van der Waals surface area contributed by atoms with Gasteiger partial charge in [0.1, 0.15) is 5.82 Å². The molecule has 130 valence electrons. The van der Waals surface area contributed by atoms with Gasteiger partial charge in [-0.2, -0.15) is 0 Å². The van der Waals surface area contributed by atoms with E-state index in [9.17, 15) is 5.11 Å². The number of nitrogens with one attached hydrogen (secondary N) is 1. The fourth-order valence-corrected chi connectivity index (χ4v) is 2.87. The molecule has 0 atom stereocenters. The zero-order valence-corrected chi connectivity index (χ0v) is 14.6. The molecule has 25 heavy (non-hydrogen) atoms. The molecule has 3 aromatic rings. The van der Waals surface area contributed by atoms with Crippen molar-refractivity contribution in [3.63, 3.8) is 0 Å². The number of phenols is 1. The van der Waals surface area contributed by atoms with Crippen LogP contribution < -0.4 is 10.1 Å². The Bertz CT molecular complexity index is 828. The highest BCUT2D eigenvalue weighted by Crippen LogP contribution is 2.26. The van der Waals surface area contributed by atoms with Crippen LogP contribution in [0.3, 0.4) is 0 Å². The van der Waals surface area contributed by atoms with Crippen molar-refractivity contribution in [2.45, 2.75) is 19.9 Å². The first-order valence-electron chi connectivity index (χ1n) is 8.34. The van der Waals surface area contributed by atoms with E-state index in [1.54, 1.807) is 13.2 Å². The average molecular weight is 337 g/mol. The number of imidazole rings is 1. The van der Waals surface area contributed by atoms with Gasteiger partial charge in [0.2, 0.25) is 0 Å². The predicted molar refractivity (Wildman–Crippen MR) is 98.4 cm³/mol. The first-order valence-corrected chi connectivity index (χ1v) is 8.34. The second-order valence-electron chi connectivity index (χ2n) is 5.90. The number of para-hydroxylation sites is 1. The first kappa shape index (κ1) is 17.0. The van der Waals surface area contributed by atoms with Crippen molar-refractivity contribution in [3.8, 4) is 17.2 Å². The number of benzene rings is 2. The summed E-state index contributed by atoms with van der Waals surface area (Å²) in [5.41, 5.74) is 3.37. The monoisotopic (exact) mass is 337 g/mol. The third kappa shape index (κ3) is 4.00. The van der Waals surface area contributed by atoms with E-state index in [0.717, 1.165) is 42.3 Å². The maximum absolute atomic E-state index is 9.65. The van der Waals surface area contributed by atoms with E-state index in [4.69, 9.17) is 4.74 Å². The normalized spacial score (nSPS) is 10.8. The van der Waals surface area contributed by atoms with Gasteiger partial charge in [0.15, 0.2) is 11.5 Å². The minimum atomic E-state index is 0.168.